The monoisotopic (exact) mass is 428 g/mol. The quantitative estimate of drug-likeness (QED) is 0.638. The van der Waals surface area contributed by atoms with Gasteiger partial charge in [0.1, 0.15) is 11.9 Å². The molecule has 6 heteroatoms. The minimum Gasteiger partial charge on any atom is -0.352 e. The summed E-state index contributed by atoms with van der Waals surface area (Å²) in [6.45, 7) is 2.05. The van der Waals surface area contributed by atoms with E-state index in [0.717, 1.165) is 42.6 Å². The maximum atomic E-state index is 13.3. The molecular formula is C24H29FN2O2S. The normalized spacial score (nSPS) is 15.0. The van der Waals surface area contributed by atoms with Crippen LogP contribution in [0.15, 0.2) is 54.6 Å². The summed E-state index contributed by atoms with van der Waals surface area (Å²) in [5, 5.41) is 3.09. The molecule has 1 N–H and O–H groups in total. The van der Waals surface area contributed by atoms with E-state index in [1.165, 1.54) is 23.9 Å². The van der Waals surface area contributed by atoms with Crippen LogP contribution in [-0.4, -0.2) is 34.6 Å². The smallest absolute Gasteiger partial charge is 0.242 e. The van der Waals surface area contributed by atoms with Crippen LogP contribution < -0.4 is 5.32 Å². The molecule has 2 amide bonds. The summed E-state index contributed by atoms with van der Waals surface area (Å²) < 4.78 is 13.3. The summed E-state index contributed by atoms with van der Waals surface area (Å²) in [5.41, 5.74) is 1.96. The van der Waals surface area contributed by atoms with Gasteiger partial charge in [-0.3, -0.25) is 9.59 Å². The summed E-state index contributed by atoms with van der Waals surface area (Å²) in [6.07, 6.45) is 4.26. The van der Waals surface area contributed by atoms with Crippen LogP contribution in [0.3, 0.4) is 0 Å². The van der Waals surface area contributed by atoms with Crippen molar-refractivity contribution in [2.45, 2.75) is 57.0 Å². The highest BCUT2D eigenvalue weighted by Crippen LogP contribution is 2.19. The van der Waals surface area contributed by atoms with Crippen molar-refractivity contribution >= 4 is 23.6 Å². The van der Waals surface area contributed by atoms with Crippen molar-refractivity contribution in [2.24, 2.45) is 0 Å². The summed E-state index contributed by atoms with van der Waals surface area (Å²) in [4.78, 5) is 27.5. The lowest BCUT2D eigenvalue weighted by Crippen LogP contribution is -2.50. The molecule has 1 unspecified atom stereocenters. The molecule has 2 aromatic rings. The van der Waals surface area contributed by atoms with E-state index in [0.29, 0.717) is 0 Å². The first-order valence-electron chi connectivity index (χ1n) is 10.5. The Kier molecular flexibility index (Phi) is 8.31. The van der Waals surface area contributed by atoms with E-state index in [1.807, 2.05) is 30.3 Å². The molecule has 0 radical (unpaired) electrons. The second-order valence-corrected chi connectivity index (χ2v) is 8.78. The Morgan fingerprint density at radius 2 is 1.73 bits per heavy atom. The van der Waals surface area contributed by atoms with Gasteiger partial charge in [-0.25, -0.2) is 4.39 Å². The standard InChI is InChI=1S/C24H29FN2O2S/c1-18(24(29)26-22-9-5-6-10-22)27(15-19-11-13-21(25)14-12-19)23(28)17-30-16-20-7-3-2-4-8-20/h2-4,7-8,11-14,18,22H,5-6,9-10,15-17H2,1H3,(H,26,29). The first-order chi connectivity index (χ1) is 14.5. The third-order valence-electron chi connectivity index (χ3n) is 5.47. The first kappa shape index (κ1) is 22.3. The van der Waals surface area contributed by atoms with Gasteiger partial charge in [-0.1, -0.05) is 55.3 Å². The molecule has 1 aliphatic rings. The van der Waals surface area contributed by atoms with E-state index in [-0.39, 0.29) is 36.0 Å². The molecule has 1 atom stereocenters. The number of rotatable bonds is 9. The zero-order valence-corrected chi connectivity index (χ0v) is 18.2. The molecule has 2 aromatic carbocycles. The molecule has 0 bridgehead atoms. The Balaban J connectivity index is 1.64. The topological polar surface area (TPSA) is 49.4 Å². The zero-order chi connectivity index (χ0) is 21.3. The van der Waals surface area contributed by atoms with E-state index in [2.05, 4.69) is 5.32 Å². The van der Waals surface area contributed by atoms with Crippen molar-refractivity contribution in [3.63, 3.8) is 0 Å². The highest BCUT2D eigenvalue weighted by atomic mass is 32.2. The lowest BCUT2D eigenvalue weighted by atomic mass is 10.1. The second kappa shape index (κ2) is 11.2. The van der Waals surface area contributed by atoms with E-state index >= 15 is 0 Å². The van der Waals surface area contributed by atoms with Crippen LogP contribution in [0.5, 0.6) is 0 Å². The van der Waals surface area contributed by atoms with Crippen molar-refractivity contribution in [1.82, 2.24) is 10.2 Å². The van der Waals surface area contributed by atoms with Gasteiger partial charge in [0.15, 0.2) is 0 Å². The fourth-order valence-corrected chi connectivity index (χ4v) is 4.55. The van der Waals surface area contributed by atoms with Crippen LogP contribution in [-0.2, 0) is 21.9 Å². The lowest BCUT2D eigenvalue weighted by Gasteiger charge is -2.29. The first-order valence-corrected chi connectivity index (χ1v) is 11.6. The van der Waals surface area contributed by atoms with Gasteiger partial charge < -0.3 is 10.2 Å². The highest BCUT2D eigenvalue weighted by Gasteiger charge is 2.28. The SMILES string of the molecule is CC(C(=O)NC1CCCC1)N(Cc1ccc(F)cc1)C(=O)CSCc1ccccc1. The van der Waals surface area contributed by atoms with Crippen LogP contribution in [0.25, 0.3) is 0 Å². The van der Waals surface area contributed by atoms with Crippen molar-refractivity contribution < 1.29 is 14.0 Å². The minimum atomic E-state index is -0.583. The lowest BCUT2D eigenvalue weighted by molar-refractivity contribution is -0.138. The summed E-state index contributed by atoms with van der Waals surface area (Å²) in [6, 6.07) is 15.7. The number of nitrogens with one attached hydrogen (secondary N) is 1. The van der Waals surface area contributed by atoms with Gasteiger partial charge in [0, 0.05) is 18.3 Å². The highest BCUT2D eigenvalue weighted by molar-refractivity contribution is 7.99. The Morgan fingerprint density at radius 1 is 1.07 bits per heavy atom. The fourth-order valence-electron chi connectivity index (χ4n) is 3.67. The van der Waals surface area contributed by atoms with Crippen LogP contribution >= 0.6 is 11.8 Å². The van der Waals surface area contributed by atoms with Gasteiger partial charge in [-0.05, 0) is 43.0 Å². The van der Waals surface area contributed by atoms with Crippen molar-refractivity contribution in [2.75, 3.05) is 5.75 Å². The maximum absolute atomic E-state index is 13.3. The van der Waals surface area contributed by atoms with Crippen molar-refractivity contribution in [1.29, 1.82) is 0 Å². The van der Waals surface area contributed by atoms with Gasteiger partial charge in [-0.15, -0.1) is 11.8 Å². The van der Waals surface area contributed by atoms with Gasteiger partial charge in [-0.2, -0.15) is 0 Å². The second-order valence-electron chi connectivity index (χ2n) is 7.79. The van der Waals surface area contributed by atoms with E-state index < -0.39 is 6.04 Å². The molecule has 30 heavy (non-hydrogen) atoms. The van der Waals surface area contributed by atoms with Crippen LogP contribution in [0.4, 0.5) is 4.39 Å². The third-order valence-corrected chi connectivity index (χ3v) is 6.46. The van der Waals surface area contributed by atoms with Gasteiger partial charge in [0.25, 0.3) is 0 Å². The van der Waals surface area contributed by atoms with E-state index in [9.17, 15) is 14.0 Å². The number of thioether (sulfide) groups is 1. The average Bonchev–Trinajstić information content (AvgIpc) is 3.26. The molecule has 0 aliphatic heterocycles. The Morgan fingerprint density at radius 3 is 2.40 bits per heavy atom. The molecule has 0 saturated heterocycles. The Labute approximate surface area is 182 Å². The Hall–Kier alpha value is -2.34. The van der Waals surface area contributed by atoms with Crippen LogP contribution in [0.1, 0.15) is 43.7 Å². The number of carbonyl (C=O) groups is 2. The van der Waals surface area contributed by atoms with E-state index in [4.69, 9.17) is 0 Å². The Bertz CT molecular complexity index is 823. The predicted molar refractivity (Wildman–Crippen MR) is 119 cm³/mol. The molecule has 160 valence electrons. The molecule has 3 rings (SSSR count). The van der Waals surface area contributed by atoms with Gasteiger partial charge in [0.05, 0.1) is 5.75 Å². The minimum absolute atomic E-state index is 0.0886. The molecule has 0 aromatic heterocycles. The van der Waals surface area contributed by atoms with Crippen LogP contribution in [0.2, 0.25) is 0 Å². The number of benzene rings is 2. The molecule has 4 nitrogen and oxygen atoms in total. The average molecular weight is 429 g/mol. The molecule has 1 fully saturated rings. The summed E-state index contributed by atoms with van der Waals surface area (Å²) in [7, 11) is 0. The molecule has 0 spiro atoms. The van der Waals surface area contributed by atoms with Gasteiger partial charge >= 0.3 is 0 Å². The maximum Gasteiger partial charge on any atom is 0.242 e. The third kappa shape index (κ3) is 6.59. The van der Waals surface area contributed by atoms with Crippen molar-refractivity contribution in [3.05, 3.63) is 71.5 Å². The number of hydrogen-bond donors (Lipinski definition) is 1. The molecule has 1 saturated carbocycles. The van der Waals surface area contributed by atoms with E-state index in [1.54, 1.807) is 24.0 Å². The van der Waals surface area contributed by atoms with Crippen molar-refractivity contribution in [3.8, 4) is 0 Å². The zero-order valence-electron chi connectivity index (χ0n) is 17.4. The summed E-state index contributed by atoms with van der Waals surface area (Å²) >= 11 is 1.53. The number of amides is 2. The fraction of sp³-hybridized carbons (Fsp3) is 0.417. The number of hydrogen-bond acceptors (Lipinski definition) is 3. The number of carbonyl (C=O) groups excluding carboxylic acids is 2. The molecule has 0 heterocycles. The number of halogens is 1. The molecule has 1 aliphatic carbocycles. The van der Waals surface area contributed by atoms with Crippen LogP contribution in [0, 0.1) is 5.82 Å². The molecular weight excluding hydrogens is 399 g/mol. The van der Waals surface area contributed by atoms with Gasteiger partial charge in [0.2, 0.25) is 11.8 Å². The number of nitrogens with zero attached hydrogens (tertiary/aromatic N) is 1. The summed E-state index contributed by atoms with van der Waals surface area (Å²) in [5.74, 6) is 0.498. The predicted octanol–water partition coefficient (Wildman–Crippen LogP) is 4.54. The largest absolute Gasteiger partial charge is 0.352 e.